The summed E-state index contributed by atoms with van der Waals surface area (Å²) in [5, 5.41) is 6.86. The van der Waals surface area contributed by atoms with Gasteiger partial charge < -0.3 is 20.0 Å². The number of benzene rings is 1. The first-order chi connectivity index (χ1) is 9.15. The van der Waals surface area contributed by atoms with Crippen molar-refractivity contribution >= 4 is 36.9 Å². The van der Waals surface area contributed by atoms with Crippen LogP contribution in [0.3, 0.4) is 0 Å². The summed E-state index contributed by atoms with van der Waals surface area (Å²) in [6.45, 7) is 0.927. The van der Waals surface area contributed by atoms with Crippen molar-refractivity contribution in [1.82, 2.24) is 10.6 Å². The number of rotatable bonds is 4. The molecule has 0 fully saturated rings. The van der Waals surface area contributed by atoms with Crippen LogP contribution in [0, 0.1) is 0 Å². The van der Waals surface area contributed by atoms with E-state index < -0.39 is 0 Å². The first-order valence-electron chi connectivity index (χ1n) is 6.44. The smallest absolute Gasteiger partial charge is 0.166 e. The molecule has 0 unspecified atom stereocenters. The Morgan fingerprint density at radius 2 is 1.79 bits per heavy atom. The molecule has 0 aliphatic carbocycles. The number of nitrogens with zero attached hydrogens (tertiary/aromatic N) is 2. The molecule has 0 aromatic heterocycles. The lowest BCUT2D eigenvalue weighted by molar-refractivity contribution is 0.830. The maximum atomic E-state index is 5.07. The molecular weight excluding hydrogens is 275 g/mol. The van der Waals surface area contributed by atoms with Gasteiger partial charge in [0.15, 0.2) is 5.11 Å². The minimum Gasteiger partial charge on any atom is -0.366 e. The highest BCUT2D eigenvalue weighted by molar-refractivity contribution is 7.80. The van der Waals surface area contributed by atoms with Crippen LogP contribution in [-0.4, -0.2) is 39.0 Å². The van der Waals surface area contributed by atoms with E-state index in [0.717, 1.165) is 18.1 Å². The molecule has 0 atom stereocenters. The Kier molecular flexibility index (Phi) is 4.83. The van der Waals surface area contributed by atoms with Crippen molar-refractivity contribution in [2.24, 2.45) is 0 Å². The van der Waals surface area contributed by atoms with Crippen LogP contribution in [0.15, 0.2) is 24.3 Å². The van der Waals surface area contributed by atoms with Crippen LogP contribution in [0.4, 0.5) is 11.4 Å². The molecule has 4 nitrogen and oxygen atoms in total. The Hall–Kier alpha value is -1.06. The fourth-order valence-electron chi connectivity index (χ4n) is 2.27. The van der Waals surface area contributed by atoms with Gasteiger partial charge in [-0.15, -0.1) is 0 Å². The van der Waals surface area contributed by atoms with E-state index in [1.54, 1.807) is 0 Å². The zero-order valence-electron chi connectivity index (χ0n) is 11.7. The summed E-state index contributed by atoms with van der Waals surface area (Å²) >= 11 is 5.07. The summed E-state index contributed by atoms with van der Waals surface area (Å²) in [6.07, 6.45) is 2.30. The molecule has 2 rings (SSSR count). The van der Waals surface area contributed by atoms with Crippen molar-refractivity contribution in [3.05, 3.63) is 24.3 Å². The van der Waals surface area contributed by atoms with Gasteiger partial charge in [-0.25, -0.2) is 0 Å². The Morgan fingerprint density at radius 1 is 1.21 bits per heavy atom. The maximum Gasteiger partial charge on any atom is 0.166 e. The average Bonchev–Trinajstić information content (AvgIpc) is 2.68. The molecule has 104 valence electrons. The van der Waals surface area contributed by atoms with Gasteiger partial charge in [0.2, 0.25) is 0 Å². The Balaban J connectivity index is 1.88. The minimum absolute atomic E-state index is 0.267. The van der Waals surface area contributed by atoms with Crippen molar-refractivity contribution in [2.75, 3.05) is 43.2 Å². The van der Waals surface area contributed by atoms with Crippen molar-refractivity contribution in [3.63, 3.8) is 0 Å². The van der Waals surface area contributed by atoms with E-state index >= 15 is 0 Å². The fourth-order valence-corrected chi connectivity index (χ4v) is 4.65. The lowest BCUT2D eigenvalue weighted by Crippen LogP contribution is -2.33. The SMILES string of the molecule is CNC(=S)NCCCP1N(C)c2ccccc2N1C. The number of hydrogen-bond donors (Lipinski definition) is 2. The van der Waals surface area contributed by atoms with Crippen LogP contribution in [0.5, 0.6) is 0 Å². The van der Waals surface area contributed by atoms with Crippen LogP contribution in [0.2, 0.25) is 0 Å². The lowest BCUT2D eigenvalue weighted by atomic mass is 10.3. The second-order valence-electron chi connectivity index (χ2n) is 4.49. The van der Waals surface area contributed by atoms with Crippen molar-refractivity contribution in [1.29, 1.82) is 0 Å². The molecule has 6 heteroatoms. The Morgan fingerprint density at radius 3 is 2.32 bits per heavy atom. The van der Waals surface area contributed by atoms with Gasteiger partial charge in [-0.2, -0.15) is 0 Å². The van der Waals surface area contributed by atoms with Crippen LogP contribution in [0.1, 0.15) is 6.42 Å². The number of anilines is 2. The molecule has 0 spiro atoms. The van der Waals surface area contributed by atoms with Gasteiger partial charge >= 0.3 is 0 Å². The summed E-state index contributed by atoms with van der Waals surface area (Å²) in [4.78, 5) is 0. The van der Waals surface area contributed by atoms with Gasteiger partial charge in [0.05, 0.1) is 19.6 Å². The van der Waals surface area contributed by atoms with Gasteiger partial charge in [-0.05, 0) is 30.8 Å². The predicted molar refractivity (Wildman–Crippen MR) is 89.3 cm³/mol. The van der Waals surface area contributed by atoms with Crippen molar-refractivity contribution in [3.8, 4) is 0 Å². The second kappa shape index (κ2) is 6.40. The molecule has 2 N–H and O–H groups in total. The van der Waals surface area contributed by atoms with E-state index in [0.29, 0.717) is 0 Å². The zero-order chi connectivity index (χ0) is 13.8. The molecular formula is C13H21N4PS. The Labute approximate surface area is 122 Å². The van der Waals surface area contributed by atoms with E-state index in [2.05, 4.69) is 58.3 Å². The summed E-state index contributed by atoms with van der Waals surface area (Å²) in [6, 6.07) is 8.61. The predicted octanol–water partition coefficient (Wildman–Crippen LogP) is 2.37. The molecule has 0 radical (unpaired) electrons. The number of thiocarbonyl (C=S) groups is 1. The molecule has 0 saturated heterocycles. The number of para-hydroxylation sites is 2. The van der Waals surface area contributed by atoms with Crippen LogP contribution in [-0.2, 0) is 0 Å². The van der Waals surface area contributed by atoms with Gasteiger partial charge in [-0.3, -0.25) is 0 Å². The minimum atomic E-state index is -0.267. The van der Waals surface area contributed by atoms with Gasteiger partial charge in [0.25, 0.3) is 0 Å². The molecule has 0 amide bonds. The summed E-state index contributed by atoms with van der Waals surface area (Å²) in [7, 11) is 5.96. The van der Waals surface area contributed by atoms with Gasteiger partial charge in [0, 0.05) is 33.8 Å². The number of hydrogen-bond acceptors (Lipinski definition) is 3. The highest BCUT2D eigenvalue weighted by Crippen LogP contribution is 2.57. The second-order valence-corrected chi connectivity index (χ2v) is 7.29. The summed E-state index contributed by atoms with van der Waals surface area (Å²) < 4.78 is 4.84. The standard InChI is InChI=1S/C13H21N4PS/c1-14-13(19)15-9-6-10-18-16(2)11-7-4-5-8-12(11)17(18)3/h4-5,7-8H,6,9-10H2,1-3H3,(H2,14,15,19). The van der Waals surface area contributed by atoms with Crippen LogP contribution >= 0.6 is 20.4 Å². The Bertz CT molecular complexity index is 425. The molecule has 1 aliphatic rings. The first-order valence-corrected chi connectivity index (χ1v) is 8.28. The average molecular weight is 296 g/mol. The summed E-state index contributed by atoms with van der Waals surface area (Å²) in [5.74, 6) is 0. The largest absolute Gasteiger partial charge is 0.366 e. The molecule has 0 saturated carbocycles. The molecule has 1 aromatic carbocycles. The monoisotopic (exact) mass is 296 g/mol. The first kappa shape index (κ1) is 14.4. The highest BCUT2D eigenvalue weighted by atomic mass is 32.1. The summed E-state index contributed by atoms with van der Waals surface area (Å²) in [5.41, 5.74) is 2.68. The zero-order valence-corrected chi connectivity index (χ0v) is 13.4. The quantitative estimate of drug-likeness (QED) is 0.506. The normalized spacial score (nSPS) is 14.5. The van der Waals surface area contributed by atoms with Crippen molar-refractivity contribution in [2.45, 2.75) is 6.42 Å². The third-order valence-corrected chi connectivity index (χ3v) is 6.20. The number of fused-ring (bicyclic) bond motifs is 1. The van der Waals surface area contributed by atoms with E-state index in [1.807, 2.05) is 7.05 Å². The van der Waals surface area contributed by atoms with E-state index in [-0.39, 0.29) is 8.22 Å². The number of nitrogens with one attached hydrogen (secondary N) is 2. The van der Waals surface area contributed by atoms with Crippen LogP contribution in [0.25, 0.3) is 0 Å². The highest BCUT2D eigenvalue weighted by Gasteiger charge is 2.30. The van der Waals surface area contributed by atoms with Gasteiger partial charge in [0.1, 0.15) is 0 Å². The molecule has 0 bridgehead atoms. The molecule has 1 aromatic rings. The van der Waals surface area contributed by atoms with Gasteiger partial charge in [-0.1, -0.05) is 12.1 Å². The third-order valence-electron chi connectivity index (χ3n) is 3.32. The van der Waals surface area contributed by atoms with Crippen LogP contribution < -0.4 is 20.0 Å². The lowest BCUT2D eigenvalue weighted by Gasteiger charge is -2.27. The van der Waals surface area contributed by atoms with E-state index in [4.69, 9.17) is 12.2 Å². The third kappa shape index (κ3) is 3.10. The molecule has 1 heterocycles. The molecule has 19 heavy (non-hydrogen) atoms. The van der Waals surface area contributed by atoms with Crippen molar-refractivity contribution < 1.29 is 0 Å². The fraction of sp³-hybridized carbons (Fsp3) is 0.462. The van der Waals surface area contributed by atoms with E-state index in [9.17, 15) is 0 Å². The maximum absolute atomic E-state index is 5.07. The van der Waals surface area contributed by atoms with E-state index in [1.165, 1.54) is 17.5 Å². The topological polar surface area (TPSA) is 30.5 Å². The molecule has 1 aliphatic heterocycles.